The average molecular weight is 542 g/mol. The number of allylic oxidation sites excluding steroid dienone is 4. The van der Waals surface area contributed by atoms with E-state index in [1.807, 2.05) is 0 Å². The van der Waals surface area contributed by atoms with Crippen molar-refractivity contribution in [2.24, 2.45) is 0 Å². The Hall–Kier alpha value is -1.78. The molecule has 1 aliphatic carbocycles. The second kappa shape index (κ2) is 7.17. The van der Waals surface area contributed by atoms with Crippen LogP contribution in [0.3, 0.4) is 0 Å². The predicted molar refractivity (Wildman–Crippen MR) is 89.3 cm³/mol. The van der Waals surface area contributed by atoms with E-state index in [-0.39, 0.29) is 12.5 Å². The molecule has 0 saturated carbocycles. The van der Waals surface area contributed by atoms with E-state index < -0.39 is 56.0 Å². The lowest BCUT2D eigenvalue weighted by Gasteiger charge is -2.45. The van der Waals surface area contributed by atoms with Crippen LogP contribution in [0.2, 0.25) is 0 Å². The molecule has 1 nitrogen and oxygen atoms in total. The third-order valence-electron chi connectivity index (χ3n) is 4.21. The predicted octanol–water partition coefficient (Wildman–Crippen LogP) is 6.65. The van der Waals surface area contributed by atoms with E-state index in [9.17, 15) is 39.5 Å². The van der Waals surface area contributed by atoms with Crippen LogP contribution < -0.4 is 0 Å². The first-order valence-corrected chi connectivity index (χ1v) is 8.44. The molecule has 1 aromatic rings. The summed E-state index contributed by atoms with van der Waals surface area (Å²) in [5.74, 6) is 0. The van der Waals surface area contributed by atoms with Gasteiger partial charge in [-0.05, 0) is 37.8 Å². The lowest BCUT2D eigenvalue weighted by molar-refractivity contribution is -0.354. The molecule has 0 bridgehead atoms. The summed E-state index contributed by atoms with van der Waals surface area (Å²) in [5, 5.41) is 9.12. The first-order valence-electron chi connectivity index (χ1n) is 7.36. The van der Waals surface area contributed by atoms with Crippen LogP contribution >= 0.6 is 22.6 Å². The number of hydrogen-bond acceptors (Lipinski definition) is 1. The molecule has 1 aromatic carbocycles. The Morgan fingerprint density at radius 1 is 0.828 bits per heavy atom. The SMILES string of the molecule is N#Cc1ccccc1C1(C(F)(C(F)(F)F)C(F)(F)F)C=C(I)[CH]C(C(F)(F)F)=C1. The van der Waals surface area contributed by atoms with E-state index in [1.54, 1.807) is 0 Å². The van der Waals surface area contributed by atoms with Crippen LogP contribution in [0.4, 0.5) is 43.9 Å². The summed E-state index contributed by atoms with van der Waals surface area (Å²) in [4.78, 5) is 0. The lowest BCUT2D eigenvalue weighted by atomic mass is 9.63. The van der Waals surface area contributed by atoms with Crippen molar-refractivity contribution in [1.29, 1.82) is 5.26 Å². The van der Waals surface area contributed by atoms with Gasteiger partial charge in [-0.1, -0.05) is 30.4 Å². The van der Waals surface area contributed by atoms with Crippen molar-refractivity contribution < 1.29 is 43.9 Å². The third kappa shape index (κ3) is 3.73. The van der Waals surface area contributed by atoms with E-state index in [2.05, 4.69) is 0 Å². The highest BCUT2D eigenvalue weighted by molar-refractivity contribution is 14.1. The number of alkyl halides is 10. The maximum absolute atomic E-state index is 15.3. The molecule has 12 heteroatoms. The Morgan fingerprint density at radius 3 is 1.79 bits per heavy atom. The van der Waals surface area contributed by atoms with Gasteiger partial charge >= 0.3 is 24.2 Å². The highest BCUT2D eigenvalue weighted by atomic mass is 127. The molecule has 0 spiro atoms. The Balaban J connectivity index is 3.12. The fraction of sp³-hybridized carbons (Fsp3) is 0.294. The van der Waals surface area contributed by atoms with E-state index in [4.69, 9.17) is 5.26 Å². The minimum Gasteiger partial charge on any atom is -0.222 e. The molecule has 29 heavy (non-hydrogen) atoms. The monoisotopic (exact) mass is 542 g/mol. The van der Waals surface area contributed by atoms with Gasteiger partial charge in [-0.15, -0.1) is 0 Å². The molecule has 1 aliphatic rings. The Morgan fingerprint density at radius 2 is 1.34 bits per heavy atom. The van der Waals surface area contributed by atoms with Crippen molar-refractivity contribution >= 4 is 22.6 Å². The van der Waals surface area contributed by atoms with Crippen molar-refractivity contribution in [2.75, 3.05) is 0 Å². The van der Waals surface area contributed by atoms with Crippen LogP contribution in [-0.4, -0.2) is 24.2 Å². The minimum atomic E-state index is -6.67. The standard InChI is InChI=1S/C17H7F10IN/c18-14(19,20)10-5-11(28)7-13(6-10,12-4-2-1-3-9(12)8-29)15(21,16(22,23)24)17(25,26)27/h1-7H. The Bertz CT molecular complexity index is 887. The zero-order valence-electron chi connectivity index (χ0n) is 13.6. The Labute approximate surface area is 170 Å². The van der Waals surface area contributed by atoms with Gasteiger partial charge in [0.05, 0.1) is 17.0 Å². The third-order valence-corrected chi connectivity index (χ3v) is 4.84. The molecular weight excluding hydrogens is 535 g/mol. The van der Waals surface area contributed by atoms with E-state index in [0.29, 0.717) is 6.07 Å². The topological polar surface area (TPSA) is 23.8 Å². The molecule has 0 fully saturated rings. The smallest absolute Gasteiger partial charge is 0.222 e. The molecular formula is C17H7F10IN. The van der Waals surface area contributed by atoms with E-state index >= 15 is 4.39 Å². The molecule has 0 aromatic heterocycles. The maximum Gasteiger partial charge on any atom is 0.433 e. The molecule has 0 aliphatic heterocycles. The summed E-state index contributed by atoms with van der Waals surface area (Å²) < 4.78 is 136. The highest BCUT2D eigenvalue weighted by Gasteiger charge is 2.81. The van der Waals surface area contributed by atoms with Crippen molar-refractivity contribution in [3.05, 3.63) is 63.1 Å². The fourth-order valence-electron chi connectivity index (χ4n) is 3.01. The number of hydrogen-bond donors (Lipinski definition) is 0. The summed E-state index contributed by atoms with van der Waals surface area (Å²) >= 11 is 1.06. The molecule has 157 valence electrons. The summed E-state index contributed by atoms with van der Waals surface area (Å²) in [6.07, 6.45) is -18.8. The molecule has 1 radical (unpaired) electrons. The quantitative estimate of drug-likeness (QED) is 0.303. The van der Waals surface area contributed by atoms with Crippen molar-refractivity contribution in [3.63, 3.8) is 0 Å². The number of halogens is 11. The molecule has 0 N–H and O–H groups in total. The minimum absolute atomic E-state index is 0.0972. The second-order valence-electron chi connectivity index (χ2n) is 5.95. The Kier molecular flexibility index (Phi) is 5.81. The molecule has 1 atom stereocenters. The maximum atomic E-state index is 15.3. The van der Waals surface area contributed by atoms with Crippen LogP contribution in [0.15, 0.2) is 45.6 Å². The first kappa shape index (κ1) is 23.5. The van der Waals surface area contributed by atoms with Gasteiger partial charge < -0.3 is 0 Å². The van der Waals surface area contributed by atoms with Gasteiger partial charge in [-0.25, -0.2) is 4.39 Å². The lowest BCUT2D eigenvalue weighted by Crippen LogP contribution is -2.65. The van der Waals surface area contributed by atoms with Crippen LogP contribution in [0.5, 0.6) is 0 Å². The van der Waals surface area contributed by atoms with Gasteiger partial charge in [0.2, 0.25) is 0 Å². The number of rotatable bonds is 2. The molecule has 2 rings (SSSR count). The summed E-state index contributed by atoms with van der Waals surface area (Å²) in [5.41, 5.74) is -14.2. The van der Waals surface area contributed by atoms with Crippen molar-refractivity contribution in [2.45, 2.75) is 29.6 Å². The zero-order chi connectivity index (χ0) is 22.5. The van der Waals surface area contributed by atoms with Crippen molar-refractivity contribution in [3.8, 4) is 6.07 Å². The van der Waals surface area contributed by atoms with Crippen LogP contribution in [0.25, 0.3) is 0 Å². The average Bonchev–Trinajstić information content (AvgIpc) is 2.57. The van der Waals surface area contributed by atoms with Gasteiger partial charge in [0.25, 0.3) is 0 Å². The molecule has 1 unspecified atom stereocenters. The normalized spacial score (nSPS) is 21.3. The van der Waals surface area contributed by atoms with Gasteiger partial charge in [-0.2, -0.15) is 44.8 Å². The van der Waals surface area contributed by atoms with Crippen LogP contribution in [-0.2, 0) is 5.41 Å². The molecule has 0 amide bonds. The largest absolute Gasteiger partial charge is 0.433 e. The summed E-state index contributed by atoms with van der Waals surface area (Å²) in [6, 6.07) is 4.60. The second-order valence-corrected chi connectivity index (χ2v) is 7.20. The van der Waals surface area contributed by atoms with Gasteiger partial charge in [-0.3, -0.25) is 0 Å². The van der Waals surface area contributed by atoms with E-state index in [1.165, 1.54) is 6.07 Å². The highest BCUT2D eigenvalue weighted by Crippen LogP contribution is 2.61. The van der Waals surface area contributed by atoms with E-state index in [0.717, 1.165) is 40.8 Å². The van der Waals surface area contributed by atoms with Gasteiger partial charge in [0.1, 0.15) is 0 Å². The van der Waals surface area contributed by atoms with Gasteiger partial charge in [0, 0.05) is 12.0 Å². The number of benzene rings is 1. The van der Waals surface area contributed by atoms with Gasteiger partial charge in [0.15, 0.2) is 0 Å². The van der Waals surface area contributed by atoms with Crippen LogP contribution in [0.1, 0.15) is 11.1 Å². The van der Waals surface area contributed by atoms with Crippen LogP contribution in [0, 0.1) is 17.8 Å². The molecule has 0 saturated heterocycles. The summed E-state index contributed by atoms with van der Waals surface area (Å²) in [6.45, 7) is 0. The first-order chi connectivity index (χ1) is 13.0. The summed E-state index contributed by atoms with van der Waals surface area (Å²) in [7, 11) is 0. The number of nitriles is 1. The molecule has 0 heterocycles. The zero-order valence-corrected chi connectivity index (χ0v) is 15.8. The number of nitrogens with zero attached hydrogens (tertiary/aromatic N) is 1. The fourth-order valence-corrected chi connectivity index (χ4v) is 3.84. The van der Waals surface area contributed by atoms with Crippen molar-refractivity contribution in [1.82, 2.24) is 0 Å².